The van der Waals surface area contributed by atoms with E-state index in [0.717, 1.165) is 38.5 Å². The highest BCUT2D eigenvalue weighted by Crippen LogP contribution is 2.43. The number of hydrogen-bond acceptors (Lipinski definition) is 2. The lowest BCUT2D eigenvalue weighted by molar-refractivity contribution is -0.571. The predicted octanol–water partition coefficient (Wildman–Crippen LogP) is 16.4. The largest absolute Gasteiger partial charge is 0.458 e. The van der Waals surface area contributed by atoms with E-state index < -0.39 is 71.7 Å². The molecule has 5 nitrogen and oxygen atoms in total. The third-order valence-electron chi connectivity index (χ3n) is 13.0. The fourth-order valence-corrected chi connectivity index (χ4v) is 9.10. The molecule has 69 heavy (non-hydrogen) atoms. The number of imidazole rings is 1. The van der Waals surface area contributed by atoms with Gasteiger partial charge in [0.05, 0.1) is 47.1 Å². The Morgan fingerprint density at radius 3 is 1.96 bits per heavy atom. The van der Waals surface area contributed by atoms with Gasteiger partial charge in [0.2, 0.25) is 0 Å². The minimum atomic E-state index is -1.02. The number of aromatic nitrogens is 4. The third kappa shape index (κ3) is 8.08. The highest BCUT2D eigenvalue weighted by atomic mass is 16.5. The first-order valence-corrected chi connectivity index (χ1v) is 23.0. The van der Waals surface area contributed by atoms with E-state index in [2.05, 4.69) is 94.9 Å². The lowest BCUT2D eigenvalue weighted by Gasteiger charge is -2.30. The van der Waals surface area contributed by atoms with Crippen LogP contribution in [0.5, 0.6) is 11.5 Å². The molecule has 0 aliphatic rings. The molecule has 5 heteroatoms. The van der Waals surface area contributed by atoms with Crippen molar-refractivity contribution < 1.29 is 24.4 Å². The van der Waals surface area contributed by atoms with Gasteiger partial charge in [0.1, 0.15) is 17.3 Å². The number of ether oxygens (including phenoxy) is 1. The zero-order chi connectivity index (χ0) is 57.1. The predicted molar refractivity (Wildman–Crippen MR) is 285 cm³/mol. The molecule has 0 spiro atoms. The van der Waals surface area contributed by atoms with Crippen molar-refractivity contribution in [1.82, 2.24) is 14.1 Å². The Hall–Kier alpha value is -8.02. The Balaban J connectivity index is 1.08. The van der Waals surface area contributed by atoms with Crippen LogP contribution in [-0.2, 0) is 5.41 Å². The first kappa shape index (κ1) is 32.6. The molecule has 11 aromatic rings. The first-order valence-electron chi connectivity index (χ1n) is 28.5. The van der Waals surface area contributed by atoms with Crippen molar-refractivity contribution in [2.75, 3.05) is 0 Å². The summed E-state index contributed by atoms with van der Waals surface area (Å²) < 4.78 is 110. The van der Waals surface area contributed by atoms with E-state index in [1.54, 1.807) is 27.3 Å². The first-order chi connectivity index (χ1) is 37.9. The molecule has 0 aliphatic heterocycles. The van der Waals surface area contributed by atoms with Gasteiger partial charge in [-0.05, 0) is 104 Å². The van der Waals surface area contributed by atoms with Crippen molar-refractivity contribution >= 4 is 32.8 Å². The molecular formula is C64H56N4O. The van der Waals surface area contributed by atoms with Crippen molar-refractivity contribution in [3.8, 4) is 62.1 Å². The summed E-state index contributed by atoms with van der Waals surface area (Å²) >= 11 is 0. The van der Waals surface area contributed by atoms with Gasteiger partial charge in [-0.2, -0.15) is 0 Å². The molecule has 3 aromatic heterocycles. The van der Waals surface area contributed by atoms with Crippen molar-refractivity contribution in [3.63, 3.8) is 0 Å². The van der Waals surface area contributed by atoms with Gasteiger partial charge in [0, 0.05) is 30.0 Å². The molecule has 0 saturated heterocycles. The van der Waals surface area contributed by atoms with Crippen LogP contribution in [0.4, 0.5) is 0 Å². The van der Waals surface area contributed by atoms with E-state index in [4.69, 9.17) is 23.4 Å². The van der Waals surface area contributed by atoms with Crippen molar-refractivity contribution in [1.29, 1.82) is 0 Å². The Morgan fingerprint density at radius 1 is 0.594 bits per heavy atom. The van der Waals surface area contributed by atoms with E-state index in [1.807, 2.05) is 92.0 Å². The molecule has 11 rings (SSSR count). The van der Waals surface area contributed by atoms with Crippen molar-refractivity contribution in [2.24, 2.45) is 5.41 Å². The van der Waals surface area contributed by atoms with E-state index >= 15 is 0 Å². The zero-order valence-electron chi connectivity index (χ0n) is 50.6. The van der Waals surface area contributed by atoms with Crippen LogP contribution >= 0.6 is 0 Å². The fourth-order valence-electron chi connectivity index (χ4n) is 9.10. The van der Waals surface area contributed by atoms with Gasteiger partial charge in [-0.1, -0.05) is 194 Å². The maximum atomic E-state index is 9.92. The topological polar surface area (TPSA) is 35.9 Å². The number of pyridine rings is 1. The highest BCUT2D eigenvalue weighted by Gasteiger charge is 2.27. The second-order valence-electron chi connectivity index (χ2n) is 19.4. The van der Waals surface area contributed by atoms with Gasteiger partial charge in [-0.25, -0.2) is 4.98 Å². The summed E-state index contributed by atoms with van der Waals surface area (Å²) in [7, 11) is 0. The lowest BCUT2D eigenvalue weighted by atomic mass is 9.76. The SMILES string of the molecule is [2H]c1c([2H])c([2H])c(-c2cccc(-c3c([2H])c([2H])c([2H])c([2H])c3[2H])c2-[n+]2[c-]n(-c3cccc(Oc4ccc5c6cc(C(C)(C)C)ccc6n(-c6cc(C([2H])(C)C(C)(C)C)c(-c7ccccc7)cn6)c5c4)c3)c3ccccc32)c([2H])c1[2H]. The number of hydrogen-bond donors (Lipinski definition) is 0. The number of fused-ring (bicyclic) bond motifs is 4. The van der Waals surface area contributed by atoms with Gasteiger partial charge in [-0.3, -0.25) is 13.7 Å². The molecule has 0 aliphatic carbocycles. The molecule has 0 bridgehead atoms. The summed E-state index contributed by atoms with van der Waals surface area (Å²) in [5.41, 5.74) is 7.13. The molecule has 8 aromatic carbocycles. The maximum absolute atomic E-state index is 9.92. The second kappa shape index (κ2) is 17.2. The van der Waals surface area contributed by atoms with Crippen LogP contribution in [0.3, 0.4) is 0 Å². The number of para-hydroxylation sites is 3. The molecule has 0 fully saturated rings. The van der Waals surface area contributed by atoms with Crippen LogP contribution in [0.1, 0.15) is 80.6 Å². The van der Waals surface area contributed by atoms with E-state index in [-0.39, 0.29) is 33.4 Å². The van der Waals surface area contributed by atoms with Crippen LogP contribution in [0.2, 0.25) is 0 Å². The van der Waals surface area contributed by atoms with Gasteiger partial charge in [0.15, 0.2) is 0 Å². The molecule has 3 heterocycles. The maximum Gasteiger partial charge on any atom is 0.269 e. The molecule has 1 unspecified atom stereocenters. The summed E-state index contributed by atoms with van der Waals surface area (Å²) in [6.45, 7) is 14.8. The smallest absolute Gasteiger partial charge is 0.269 e. The highest BCUT2D eigenvalue weighted by molar-refractivity contribution is 6.10. The van der Waals surface area contributed by atoms with Crippen molar-refractivity contribution in [2.45, 2.75) is 59.8 Å². The number of rotatable bonds is 9. The lowest BCUT2D eigenvalue weighted by Crippen LogP contribution is -2.31. The van der Waals surface area contributed by atoms with Gasteiger partial charge >= 0.3 is 0 Å². The Morgan fingerprint density at radius 2 is 1.26 bits per heavy atom. The van der Waals surface area contributed by atoms with Crippen molar-refractivity contribution in [3.05, 3.63) is 224 Å². The summed E-state index contributed by atoms with van der Waals surface area (Å²) in [5, 5.41) is 2.05. The van der Waals surface area contributed by atoms with Gasteiger partial charge in [0.25, 0.3) is 6.33 Å². The van der Waals surface area contributed by atoms with Gasteiger partial charge < -0.3 is 4.74 Å². The van der Waals surface area contributed by atoms with E-state index in [1.165, 1.54) is 5.56 Å². The second-order valence-corrected chi connectivity index (χ2v) is 19.4. The molecular weight excluding hydrogens is 841 g/mol. The van der Waals surface area contributed by atoms with Crippen LogP contribution in [0.15, 0.2) is 206 Å². The average molecular weight is 908 g/mol. The molecule has 338 valence electrons. The third-order valence-corrected chi connectivity index (χ3v) is 13.0. The molecule has 0 saturated carbocycles. The minimum absolute atomic E-state index is 0.124. The molecule has 0 radical (unpaired) electrons. The van der Waals surface area contributed by atoms with Gasteiger partial charge in [-0.15, -0.1) is 0 Å². The van der Waals surface area contributed by atoms with Crippen LogP contribution < -0.4 is 9.30 Å². The van der Waals surface area contributed by atoms with Crippen LogP contribution in [0, 0.1) is 11.7 Å². The summed E-state index contributed by atoms with van der Waals surface area (Å²) in [5.74, 6) is 0.675. The molecule has 0 N–H and O–H groups in total. The number of nitrogens with zero attached hydrogens (tertiary/aromatic N) is 4. The summed E-state index contributed by atoms with van der Waals surface area (Å²) in [6, 6.07) is 39.1. The Labute approximate surface area is 421 Å². The normalized spacial score (nSPS) is 15.2. The van der Waals surface area contributed by atoms with Crippen LogP contribution in [0.25, 0.3) is 83.4 Å². The molecule has 0 amide bonds. The average Bonchev–Trinajstić information content (AvgIpc) is 4.14. The minimum Gasteiger partial charge on any atom is -0.458 e. The standard InChI is InChI=1S/C64H56N4O/c1-43(63(2,3)4)54-40-61(65-41-56(54)46-25-15-10-16-26-46)68-57-36-33-47(64(5,6)7)37-55(57)53-35-34-50(39-60(53)68)69-49-28-19-27-48(38-49)66-42-67(59-32-18-17-31-58(59)66)62-51(44-21-11-8-12-22-44)29-20-30-52(62)45-23-13-9-14-24-45/h8-41,43H,1-7H3/i8D,9D,11D,12D,13D,14D,21D,22D,23D,24D,43D. The summed E-state index contributed by atoms with van der Waals surface area (Å²) in [6.07, 6.45) is 5.35. The monoisotopic (exact) mass is 908 g/mol. The van der Waals surface area contributed by atoms with E-state index in [0.29, 0.717) is 34.0 Å². The van der Waals surface area contributed by atoms with E-state index in [9.17, 15) is 1.37 Å². The Bertz CT molecular complexity index is 4200. The molecule has 1 atom stereocenters. The fraction of sp³-hybridized carbons (Fsp3) is 0.156. The summed E-state index contributed by atoms with van der Waals surface area (Å²) in [4.78, 5) is 5.16. The number of benzene rings is 8. The quantitative estimate of drug-likeness (QED) is 0.107. The Kier molecular flexibility index (Phi) is 8.16. The zero-order valence-corrected chi connectivity index (χ0v) is 39.6. The van der Waals surface area contributed by atoms with Crippen LogP contribution in [-0.4, -0.2) is 14.1 Å².